The van der Waals surface area contributed by atoms with Crippen LogP contribution in [0.25, 0.3) is 0 Å². The fourth-order valence-electron chi connectivity index (χ4n) is 1.28. The van der Waals surface area contributed by atoms with E-state index in [4.69, 9.17) is 0 Å². The third kappa shape index (κ3) is 1.90. The minimum atomic E-state index is -3.48. The second-order valence-corrected chi connectivity index (χ2v) is 5.86. The number of aromatic amines is 1. The van der Waals surface area contributed by atoms with Gasteiger partial charge in [0.2, 0.25) is 0 Å². The summed E-state index contributed by atoms with van der Waals surface area (Å²) in [4.78, 5) is 13.7. The van der Waals surface area contributed by atoms with Gasteiger partial charge in [-0.1, -0.05) is 0 Å². The number of pyridine rings is 1. The molecule has 0 bridgehead atoms. The van der Waals surface area contributed by atoms with E-state index in [1.807, 2.05) is 0 Å². The Morgan fingerprint density at radius 2 is 1.79 bits per heavy atom. The highest BCUT2D eigenvalue weighted by atomic mass is 79.9. The van der Waals surface area contributed by atoms with Crippen molar-refractivity contribution in [2.45, 2.75) is 18.7 Å². The average Bonchev–Trinajstić information content (AvgIpc) is 1.97. The Balaban J connectivity index is 3.80. The van der Waals surface area contributed by atoms with Crippen LogP contribution in [-0.4, -0.2) is 19.7 Å². The Hall–Kier alpha value is -0.620. The van der Waals surface area contributed by atoms with Crippen molar-refractivity contribution < 1.29 is 8.42 Å². The van der Waals surface area contributed by atoms with Crippen molar-refractivity contribution in [1.29, 1.82) is 0 Å². The van der Waals surface area contributed by atoms with Crippen molar-refractivity contribution in [1.82, 2.24) is 4.98 Å². The van der Waals surface area contributed by atoms with Gasteiger partial charge in [0.05, 0.1) is 0 Å². The predicted molar refractivity (Wildman–Crippen MR) is 57.3 cm³/mol. The molecule has 0 fully saturated rings. The zero-order chi connectivity index (χ0) is 11.1. The van der Waals surface area contributed by atoms with E-state index >= 15 is 0 Å². The maximum absolute atomic E-state index is 11.4. The minimum Gasteiger partial charge on any atom is -0.324 e. The van der Waals surface area contributed by atoms with Gasteiger partial charge in [0.1, 0.15) is 4.90 Å². The van der Waals surface area contributed by atoms with Gasteiger partial charge in [-0.2, -0.15) is 0 Å². The first-order chi connectivity index (χ1) is 6.25. The van der Waals surface area contributed by atoms with E-state index in [0.717, 1.165) is 6.26 Å². The summed E-state index contributed by atoms with van der Waals surface area (Å²) in [6.07, 6.45) is 1.02. The maximum atomic E-state index is 11.4. The van der Waals surface area contributed by atoms with Crippen LogP contribution in [0, 0.1) is 13.8 Å². The molecule has 0 aliphatic carbocycles. The molecule has 4 nitrogen and oxygen atoms in total. The number of H-pyrrole nitrogens is 1. The third-order valence-electron chi connectivity index (χ3n) is 1.88. The summed E-state index contributed by atoms with van der Waals surface area (Å²) in [6, 6.07) is 0. The van der Waals surface area contributed by atoms with E-state index in [0.29, 0.717) is 15.7 Å². The van der Waals surface area contributed by atoms with Gasteiger partial charge < -0.3 is 4.98 Å². The summed E-state index contributed by atoms with van der Waals surface area (Å²) in [5, 5.41) is 0. The van der Waals surface area contributed by atoms with E-state index in [1.54, 1.807) is 13.8 Å². The Morgan fingerprint density at radius 3 is 2.21 bits per heavy atom. The molecule has 78 valence electrons. The molecule has 0 radical (unpaired) electrons. The molecule has 0 aliphatic rings. The molecule has 1 rings (SSSR count). The molecule has 0 amide bonds. The molecule has 14 heavy (non-hydrogen) atoms. The van der Waals surface area contributed by atoms with Crippen LogP contribution in [0.1, 0.15) is 11.3 Å². The molecule has 0 aliphatic heterocycles. The lowest BCUT2D eigenvalue weighted by atomic mass is 10.2. The van der Waals surface area contributed by atoms with Crippen molar-refractivity contribution >= 4 is 25.8 Å². The van der Waals surface area contributed by atoms with Gasteiger partial charge in [-0.3, -0.25) is 4.79 Å². The number of sulfone groups is 1. The first-order valence-corrected chi connectivity index (χ1v) is 6.52. The lowest BCUT2D eigenvalue weighted by Gasteiger charge is -2.06. The summed E-state index contributed by atoms with van der Waals surface area (Å²) in [5.74, 6) is 0. The quantitative estimate of drug-likeness (QED) is 0.839. The summed E-state index contributed by atoms with van der Waals surface area (Å²) in [7, 11) is -3.48. The van der Waals surface area contributed by atoms with Crippen LogP contribution in [0.15, 0.2) is 14.2 Å². The first-order valence-electron chi connectivity index (χ1n) is 3.84. The van der Waals surface area contributed by atoms with E-state index in [1.165, 1.54) is 0 Å². The van der Waals surface area contributed by atoms with Gasteiger partial charge in [-0.15, -0.1) is 0 Å². The third-order valence-corrected chi connectivity index (χ3v) is 4.30. The normalized spacial score (nSPS) is 11.7. The number of aromatic nitrogens is 1. The van der Waals surface area contributed by atoms with Gasteiger partial charge in [-0.25, -0.2) is 8.42 Å². The molecule has 0 aromatic carbocycles. The molecule has 0 unspecified atom stereocenters. The highest BCUT2D eigenvalue weighted by Gasteiger charge is 2.18. The second-order valence-electron chi connectivity index (χ2n) is 3.12. The Labute approximate surface area is 90.4 Å². The number of hydrogen-bond acceptors (Lipinski definition) is 3. The van der Waals surface area contributed by atoms with Crippen LogP contribution in [-0.2, 0) is 9.84 Å². The average molecular weight is 280 g/mol. The summed E-state index contributed by atoms with van der Waals surface area (Å²) >= 11 is 3.22. The molecule has 0 atom stereocenters. The van der Waals surface area contributed by atoms with Crippen molar-refractivity contribution in [2.24, 2.45) is 0 Å². The van der Waals surface area contributed by atoms with Crippen LogP contribution in [0.4, 0.5) is 0 Å². The SMILES string of the molecule is Cc1[nH]c(=O)c(S(C)(=O)=O)c(C)c1Br. The van der Waals surface area contributed by atoms with Crippen LogP contribution >= 0.6 is 15.9 Å². The number of nitrogens with one attached hydrogen (secondary N) is 1. The summed E-state index contributed by atoms with van der Waals surface area (Å²) < 4.78 is 23.2. The molecule has 6 heteroatoms. The van der Waals surface area contributed by atoms with Crippen LogP contribution in [0.3, 0.4) is 0 Å². The Kier molecular flexibility index (Phi) is 2.87. The van der Waals surface area contributed by atoms with Crippen LogP contribution in [0.2, 0.25) is 0 Å². The molecular weight excluding hydrogens is 270 g/mol. The van der Waals surface area contributed by atoms with Gasteiger partial charge in [0, 0.05) is 16.4 Å². The number of aryl methyl sites for hydroxylation is 1. The number of halogens is 1. The van der Waals surface area contributed by atoms with Crippen LogP contribution < -0.4 is 5.56 Å². The summed E-state index contributed by atoms with van der Waals surface area (Å²) in [6.45, 7) is 3.30. The smallest absolute Gasteiger partial charge is 0.267 e. The first kappa shape index (κ1) is 11.5. The topological polar surface area (TPSA) is 67.0 Å². The predicted octanol–water partition coefficient (Wildman–Crippen LogP) is 1.16. The van der Waals surface area contributed by atoms with Crippen molar-refractivity contribution in [3.8, 4) is 0 Å². The van der Waals surface area contributed by atoms with E-state index < -0.39 is 15.4 Å². The van der Waals surface area contributed by atoms with Gasteiger partial charge >= 0.3 is 0 Å². The van der Waals surface area contributed by atoms with E-state index in [9.17, 15) is 13.2 Å². The fraction of sp³-hybridized carbons (Fsp3) is 0.375. The molecule has 1 aromatic rings. The molecule has 1 aromatic heterocycles. The summed E-state index contributed by atoms with van der Waals surface area (Å²) in [5.41, 5.74) is 0.513. The van der Waals surface area contributed by atoms with Crippen LogP contribution in [0.5, 0.6) is 0 Å². The second kappa shape index (κ2) is 3.51. The fourth-order valence-corrected chi connectivity index (χ4v) is 2.75. The Morgan fingerprint density at radius 1 is 1.29 bits per heavy atom. The van der Waals surface area contributed by atoms with Gasteiger partial charge in [-0.05, 0) is 35.3 Å². The monoisotopic (exact) mass is 279 g/mol. The minimum absolute atomic E-state index is 0.171. The highest BCUT2D eigenvalue weighted by molar-refractivity contribution is 9.10. The zero-order valence-corrected chi connectivity index (χ0v) is 10.4. The molecule has 1 N–H and O–H groups in total. The molecular formula is C8H10BrNO3S. The van der Waals surface area contributed by atoms with Gasteiger partial charge in [0.15, 0.2) is 9.84 Å². The molecule has 0 spiro atoms. The van der Waals surface area contributed by atoms with Crippen molar-refractivity contribution in [2.75, 3.05) is 6.26 Å². The van der Waals surface area contributed by atoms with E-state index in [2.05, 4.69) is 20.9 Å². The highest BCUT2D eigenvalue weighted by Crippen LogP contribution is 2.22. The lowest BCUT2D eigenvalue weighted by Crippen LogP contribution is -2.20. The maximum Gasteiger partial charge on any atom is 0.267 e. The number of rotatable bonds is 1. The molecule has 0 saturated carbocycles. The largest absolute Gasteiger partial charge is 0.324 e. The number of hydrogen-bond donors (Lipinski definition) is 1. The molecule has 0 saturated heterocycles. The van der Waals surface area contributed by atoms with Crippen molar-refractivity contribution in [3.63, 3.8) is 0 Å². The zero-order valence-electron chi connectivity index (χ0n) is 8.01. The van der Waals surface area contributed by atoms with Gasteiger partial charge in [0.25, 0.3) is 5.56 Å². The van der Waals surface area contributed by atoms with Crippen molar-refractivity contribution in [3.05, 3.63) is 26.1 Å². The molecule has 1 heterocycles. The van der Waals surface area contributed by atoms with E-state index in [-0.39, 0.29) is 4.90 Å². The standard InChI is InChI=1S/C8H10BrNO3S/c1-4-6(9)5(2)10-8(11)7(4)14(3,12)13/h1-3H3,(H,10,11). The Bertz CT molecular complexity index is 530. The lowest BCUT2D eigenvalue weighted by molar-refractivity contribution is 0.599.